The van der Waals surface area contributed by atoms with Crippen LogP contribution in [0.1, 0.15) is 37.7 Å². The van der Waals surface area contributed by atoms with Crippen LogP contribution in [0.15, 0.2) is 28.6 Å². The van der Waals surface area contributed by atoms with Crippen molar-refractivity contribution in [1.82, 2.24) is 10.2 Å². The highest BCUT2D eigenvalue weighted by Crippen LogP contribution is 2.34. The van der Waals surface area contributed by atoms with Gasteiger partial charge in [-0.25, -0.2) is 0 Å². The molecule has 4 rings (SSSR count). The highest BCUT2D eigenvalue weighted by molar-refractivity contribution is 7.94. The molecular formula is C17H20N4O3S2. The van der Waals surface area contributed by atoms with Crippen molar-refractivity contribution < 1.29 is 13.2 Å². The van der Waals surface area contributed by atoms with Gasteiger partial charge in [0.05, 0.1) is 5.69 Å². The number of sulfonamides is 1. The molecule has 1 aliphatic carbocycles. The molecule has 26 heavy (non-hydrogen) atoms. The number of nitrogens with zero attached hydrogens (tertiary/aromatic N) is 3. The summed E-state index contributed by atoms with van der Waals surface area (Å²) in [4.78, 5) is 12.3. The number of carbonyl (C=O) groups excluding carboxylic acids is 1. The van der Waals surface area contributed by atoms with Crippen LogP contribution in [0.4, 0.5) is 10.8 Å². The van der Waals surface area contributed by atoms with Crippen molar-refractivity contribution in [2.24, 2.45) is 5.92 Å². The van der Waals surface area contributed by atoms with E-state index in [2.05, 4.69) is 15.5 Å². The third kappa shape index (κ3) is 3.21. The van der Waals surface area contributed by atoms with Crippen LogP contribution in [0.3, 0.4) is 0 Å². The summed E-state index contributed by atoms with van der Waals surface area (Å²) in [5.41, 5.74) is 1.70. The Bertz CT molecular complexity index is 920. The topological polar surface area (TPSA) is 92.3 Å². The molecule has 0 radical (unpaired) electrons. The molecular weight excluding hydrogens is 372 g/mol. The SMILES string of the molecule is O=C(Nc1nnc(S(=O)(=O)N2CCc3ccccc32)s1)C1CCCCC1. The Hall–Kier alpha value is -2.00. The first kappa shape index (κ1) is 17.4. The van der Waals surface area contributed by atoms with Gasteiger partial charge in [0.2, 0.25) is 11.0 Å². The molecule has 0 bridgehead atoms. The number of amides is 1. The van der Waals surface area contributed by atoms with E-state index in [1.807, 2.05) is 18.2 Å². The Morgan fingerprint density at radius 2 is 1.92 bits per heavy atom. The van der Waals surface area contributed by atoms with Crippen molar-refractivity contribution in [2.75, 3.05) is 16.2 Å². The third-order valence-corrected chi connectivity index (χ3v) is 7.97. The van der Waals surface area contributed by atoms with Gasteiger partial charge in [0.25, 0.3) is 14.4 Å². The van der Waals surface area contributed by atoms with Crippen LogP contribution < -0.4 is 9.62 Å². The molecule has 2 aromatic rings. The van der Waals surface area contributed by atoms with E-state index in [1.54, 1.807) is 6.07 Å². The summed E-state index contributed by atoms with van der Waals surface area (Å²) in [5.74, 6) is -0.102. The van der Waals surface area contributed by atoms with E-state index in [-0.39, 0.29) is 21.3 Å². The summed E-state index contributed by atoms with van der Waals surface area (Å²) in [6, 6.07) is 7.45. The monoisotopic (exact) mass is 392 g/mol. The number of nitrogens with one attached hydrogen (secondary N) is 1. The maximum atomic E-state index is 12.9. The molecule has 1 fully saturated rings. The van der Waals surface area contributed by atoms with Crippen molar-refractivity contribution in [3.05, 3.63) is 29.8 Å². The average Bonchev–Trinajstić information content (AvgIpc) is 3.30. The molecule has 138 valence electrons. The average molecular weight is 393 g/mol. The van der Waals surface area contributed by atoms with Crippen LogP contribution in [-0.4, -0.2) is 31.1 Å². The number of carbonyl (C=O) groups is 1. The first-order chi connectivity index (χ1) is 12.6. The van der Waals surface area contributed by atoms with Crippen LogP contribution in [-0.2, 0) is 21.2 Å². The van der Waals surface area contributed by atoms with Crippen LogP contribution in [0, 0.1) is 5.92 Å². The summed E-state index contributed by atoms with van der Waals surface area (Å²) >= 11 is 0.910. The zero-order chi connectivity index (χ0) is 18.1. The predicted molar refractivity (Wildman–Crippen MR) is 99.8 cm³/mol. The lowest BCUT2D eigenvalue weighted by Crippen LogP contribution is -2.29. The standard InChI is InChI=1S/C17H20N4O3S2/c22-15(13-7-2-1-3-8-13)18-16-19-20-17(25-16)26(23,24)21-11-10-12-6-4-5-9-14(12)21/h4-6,9,13H,1-3,7-8,10-11H2,(H,18,19,22). The number of hydrogen-bond acceptors (Lipinski definition) is 6. The number of para-hydroxylation sites is 1. The minimum Gasteiger partial charge on any atom is -0.300 e. The van der Waals surface area contributed by atoms with Gasteiger partial charge in [-0.15, -0.1) is 10.2 Å². The number of benzene rings is 1. The summed E-state index contributed by atoms with van der Waals surface area (Å²) in [7, 11) is -3.76. The zero-order valence-corrected chi connectivity index (χ0v) is 15.9. The zero-order valence-electron chi connectivity index (χ0n) is 14.2. The first-order valence-corrected chi connectivity index (χ1v) is 11.1. The van der Waals surface area contributed by atoms with E-state index < -0.39 is 10.0 Å². The van der Waals surface area contributed by atoms with E-state index in [4.69, 9.17) is 0 Å². The smallest absolute Gasteiger partial charge is 0.293 e. The Kier molecular flexibility index (Phi) is 4.66. The van der Waals surface area contributed by atoms with Crippen molar-refractivity contribution in [2.45, 2.75) is 42.9 Å². The number of anilines is 2. The Morgan fingerprint density at radius 1 is 1.15 bits per heavy atom. The van der Waals surface area contributed by atoms with E-state index in [0.717, 1.165) is 42.6 Å². The molecule has 0 atom stereocenters. The molecule has 0 unspecified atom stereocenters. The minimum absolute atomic E-state index is 0.0156. The van der Waals surface area contributed by atoms with Crippen LogP contribution in [0.2, 0.25) is 0 Å². The normalized spacial score (nSPS) is 17.9. The van der Waals surface area contributed by atoms with Crippen LogP contribution in [0.25, 0.3) is 0 Å². The maximum Gasteiger partial charge on any atom is 0.293 e. The van der Waals surface area contributed by atoms with Crippen molar-refractivity contribution in [3.63, 3.8) is 0 Å². The van der Waals surface area contributed by atoms with E-state index in [9.17, 15) is 13.2 Å². The fourth-order valence-corrected chi connectivity index (χ4v) is 6.10. The summed E-state index contributed by atoms with van der Waals surface area (Å²) < 4.78 is 27.1. The Morgan fingerprint density at radius 3 is 2.73 bits per heavy atom. The largest absolute Gasteiger partial charge is 0.300 e. The van der Waals surface area contributed by atoms with Crippen LogP contribution in [0.5, 0.6) is 0 Å². The maximum absolute atomic E-state index is 12.9. The van der Waals surface area contributed by atoms with Gasteiger partial charge >= 0.3 is 0 Å². The molecule has 2 heterocycles. The second kappa shape index (κ2) is 6.96. The first-order valence-electron chi connectivity index (χ1n) is 8.81. The lowest BCUT2D eigenvalue weighted by Gasteiger charge is -2.19. The molecule has 1 amide bonds. The van der Waals surface area contributed by atoms with Gasteiger partial charge < -0.3 is 5.32 Å². The molecule has 9 heteroatoms. The number of aromatic nitrogens is 2. The second-order valence-corrected chi connectivity index (χ2v) is 9.67. The number of rotatable bonds is 4. The molecule has 0 spiro atoms. The molecule has 2 aliphatic rings. The molecule has 1 aromatic heterocycles. The molecule has 7 nitrogen and oxygen atoms in total. The second-order valence-electron chi connectivity index (χ2n) is 6.65. The summed E-state index contributed by atoms with van der Waals surface area (Å²) in [6.07, 6.45) is 5.72. The van der Waals surface area contributed by atoms with E-state index in [0.29, 0.717) is 18.7 Å². The van der Waals surface area contributed by atoms with Gasteiger partial charge in [-0.1, -0.05) is 48.8 Å². The predicted octanol–water partition coefficient (Wildman–Crippen LogP) is 2.81. The van der Waals surface area contributed by atoms with E-state index >= 15 is 0 Å². The molecule has 1 aliphatic heterocycles. The Labute approximate surface area is 156 Å². The van der Waals surface area contributed by atoms with Gasteiger partial charge in [-0.2, -0.15) is 8.42 Å². The quantitative estimate of drug-likeness (QED) is 0.808. The fourth-order valence-electron chi connectivity index (χ4n) is 3.59. The van der Waals surface area contributed by atoms with Crippen molar-refractivity contribution in [3.8, 4) is 0 Å². The fraction of sp³-hybridized carbons (Fsp3) is 0.471. The molecule has 0 saturated heterocycles. The van der Waals surface area contributed by atoms with Gasteiger partial charge in [-0.05, 0) is 30.9 Å². The van der Waals surface area contributed by atoms with Crippen molar-refractivity contribution >= 4 is 38.1 Å². The number of hydrogen-bond donors (Lipinski definition) is 1. The molecule has 1 saturated carbocycles. The highest BCUT2D eigenvalue weighted by Gasteiger charge is 2.34. The lowest BCUT2D eigenvalue weighted by molar-refractivity contribution is -0.120. The lowest BCUT2D eigenvalue weighted by atomic mass is 9.89. The molecule has 1 N–H and O–H groups in total. The summed E-state index contributed by atoms with van der Waals surface area (Å²) in [6.45, 7) is 0.394. The van der Waals surface area contributed by atoms with Gasteiger partial charge in [0.1, 0.15) is 0 Å². The van der Waals surface area contributed by atoms with Gasteiger partial charge in [0.15, 0.2) is 0 Å². The van der Waals surface area contributed by atoms with Gasteiger partial charge in [0, 0.05) is 12.5 Å². The van der Waals surface area contributed by atoms with Gasteiger partial charge in [-0.3, -0.25) is 9.10 Å². The highest BCUT2D eigenvalue weighted by atomic mass is 32.2. The number of fused-ring (bicyclic) bond motifs is 1. The van der Waals surface area contributed by atoms with E-state index in [1.165, 1.54) is 10.7 Å². The summed E-state index contributed by atoms with van der Waals surface area (Å²) in [5, 5.41) is 10.7. The van der Waals surface area contributed by atoms with Crippen molar-refractivity contribution in [1.29, 1.82) is 0 Å². The Balaban J connectivity index is 1.51. The molecule has 1 aromatic carbocycles. The minimum atomic E-state index is -3.76. The van der Waals surface area contributed by atoms with Crippen LogP contribution >= 0.6 is 11.3 Å². The third-order valence-electron chi connectivity index (χ3n) is 4.97.